The first-order chi connectivity index (χ1) is 7.09. The number of nitrogens with zero attached hydrogens (tertiary/aromatic N) is 3. The van der Waals surface area contributed by atoms with E-state index in [1.807, 2.05) is 20.8 Å². The fourth-order valence-electron chi connectivity index (χ4n) is 0.860. The predicted molar refractivity (Wildman–Crippen MR) is 68.0 cm³/mol. The first kappa shape index (κ1) is 14.3. The lowest BCUT2D eigenvalue weighted by Gasteiger charge is -2.18. The molecular weight excluding hydrogens is 293 g/mol. The molecule has 0 aliphatic heterocycles. The average Bonchev–Trinajstić information content (AvgIpc) is 2.46. The summed E-state index contributed by atoms with van der Waals surface area (Å²) in [5.41, 5.74) is -0.114. The Morgan fingerprint density at radius 2 is 1.81 bits per heavy atom. The van der Waals surface area contributed by atoms with E-state index >= 15 is 0 Å². The molecular formula is C8H12Cl3N3OS. The second-order valence-corrected chi connectivity index (χ2v) is 7.78. The lowest BCUT2D eigenvalue weighted by atomic mass is 9.98. The Hall–Kier alpha value is 0.190. The maximum absolute atomic E-state index is 9.62. The number of rotatable bonds is 2. The quantitative estimate of drug-likeness (QED) is 0.672. The highest BCUT2D eigenvalue weighted by Gasteiger charge is 2.27. The Morgan fingerprint density at radius 1 is 1.25 bits per heavy atom. The summed E-state index contributed by atoms with van der Waals surface area (Å²) in [6.45, 7) is 5.87. The lowest BCUT2D eigenvalue weighted by molar-refractivity contribution is 0.255. The summed E-state index contributed by atoms with van der Waals surface area (Å²) >= 11 is 17.9. The molecule has 4 nitrogen and oxygen atoms in total. The molecule has 0 amide bonds. The fourth-order valence-corrected chi connectivity index (χ4v) is 2.01. The van der Waals surface area contributed by atoms with Gasteiger partial charge in [0.05, 0.1) is 6.54 Å². The molecule has 1 N–H and O–H groups in total. The van der Waals surface area contributed by atoms with Gasteiger partial charge in [-0.2, -0.15) is 0 Å². The van der Waals surface area contributed by atoms with Gasteiger partial charge < -0.3 is 0 Å². The molecule has 1 aromatic heterocycles. The van der Waals surface area contributed by atoms with Crippen LogP contribution in [0.1, 0.15) is 25.8 Å². The van der Waals surface area contributed by atoms with Gasteiger partial charge in [0, 0.05) is 5.41 Å². The molecule has 0 saturated carbocycles. The highest BCUT2D eigenvalue weighted by molar-refractivity contribution is 7.15. The van der Waals surface area contributed by atoms with Crippen LogP contribution < -0.4 is 5.06 Å². The van der Waals surface area contributed by atoms with Crippen LogP contribution in [0.2, 0.25) is 0 Å². The third kappa shape index (κ3) is 4.22. The summed E-state index contributed by atoms with van der Waals surface area (Å²) in [6, 6.07) is 0. The van der Waals surface area contributed by atoms with E-state index in [1.165, 1.54) is 11.3 Å². The summed E-state index contributed by atoms with van der Waals surface area (Å²) in [6.07, 6.45) is 0. The molecule has 0 radical (unpaired) electrons. The number of hydroxylamine groups is 1. The standard InChI is InChI=1S/C8H12Cl3N3OS/c1-7(2,3)5-12-13-6(16-5)14(15)4-8(9,10)11/h15H,4H2,1-3H3. The van der Waals surface area contributed by atoms with Gasteiger partial charge in [0.25, 0.3) is 0 Å². The molecule has 1 aromatic rings. The van der Waals surface area contributed by atoms with Gasteiger partial charge in [-0.1, -0.05) is 66.9 Å². The fraction of sp³-hybridized carbons (Fsp3) is 0.750. The molecule has 0 atom stereocenters. The van der Waals surface area contributed by atoms with Gasteiger partial charge >= 0.3 is 0 Å². The molecule has 0 spiro atoms. The van der Waals surface area contributed by atoms with Gasteiger partial charge in [0.1, 0.15) is 5.01 Å². The van der Waals surface area contributed by atoms with Crippen LogP contribution in [0.15, 0.2) is 0 Å². The van der Waals surface area contributed by atoms with Crippen LogP contribution in [-0.2, 0) is 5.41 Å². The molecule has 0 saturated heterocycles. The topological polar surface area (TPSA) is 49.2 Å². The maximum atomic E-state index is 9.62. The monoisotopic (exact) mass is 303 g/mol. The SMILES string of the molecule is CC(C)(C)c1nnc(N(O)CC(Cl)(Cl)Cl)s1. The van der Waals surface area contributed by atoms with Crippen molar-refractivity contribution >= 4 is 51.3 Å². The van der Waals surface area contributed by atoms with E-state index < -0.39 is 3.79 Å². The normalized spacial score (nSPS) is 12.9. The molecule has 0 bridgehead atoms. The van der Waals surface area contributed by atoms with Crippen LogP contribution >= 0.6 is 46.1 Å². The summed E-state index contributed by atoms with van der Waals surface area (Å²) in [4.78, 5) is 0. The number of alkyl halides is 3. The highest BCUT2D eigenvalue weighted by atomic mass is 35.6. The molecule has 0 aliphatic rings. The minimum Gasteiger partial charge on any atom is -0.286 e. The minimum atomic E-state index is -1.55. The van der Waals surface area contributed by atoms with E-state index in [2.05, 4.69) is 10.2 Å². The summed E-state index contributed by atoms with van der Waals surface area (Å²) in [5, 5.41) is 19.4. The van der Waals surface area contributed by atoms with Gasteiger partial charge in [0.2, 0.25) is 8.92 Å². The molecule has 92 valence electrons. The van der Waals surface area contributed by atoms with Crippen molar-refractivity contribution in [1.29, 1.82) is 0 Å². The zero-order chi connectivity index (χ0) is 12.6. The molecule has 1 heterocycles. The van der Waals surface area contributed by atoms with Crippen LogP contribution in [0, 0.1) is 0 Å². The van der Waals surface area contributed by atoms with E-state index in [4.69, 9.17) is 34.8 Å². The minimum absolute atomic E-state index is 0.114. The van der Waals surface area contributed by atoms with Crippen molar-refractivity contribution < 1.29 is 5.21 Å². The summed E-state index contributed by atoms with van der Waals surface area (Å²) in [5.74, 6) is 0. The first-order valence-corrected chi connectivity index (χ1v) is 6.42. The first-order valence-electron chi connectivity index (χ1n) is 4.47. The number of halogens is 3. The van der Waals surface area contributed by atoms with Crippen LogP contribution in [0.3, 0.4) is 0 Å². The highest BCUT2D eigenvalue weighted by Crippen LogP contribution is 2.32. The molecule has 0 aliphatic carbocycles. The maximum Gasteiger partial charge on any atom is 0.232 e. The Bertz CT molecular complexity index is 358. The van der Waals surface area contributed by atoms with Crippen molar-refractivity contribution in [2.24, 2.45) is 0 Å². The van der Waals surface area contributed by atoms with Gasteiger partial charge in [-0.15, -0.1) is 10.2 Å². The van der Waals surface area contributed by atoms with E-state index in [9.17, 15) is 5.21 Å². The Balaban J connectivity index is 2.79. The zero-order valence-corrected chi connectivity index (χ0v) is 12.1. The molecule has 1 rings (SSSR count). The molecule has 16 heavy (non-hydrogen) atoms. The van der Waals surface area contributed by atoms with E-state index in [0.717, 1.165) is 10.1 Å². The summed E-state index contributed by atoms with van der Waals surface area (Å²) < 4.78 is -1.55. The average molecular weight is 305 g/mol. The van der Waals surface area contributed by atoms with Crippen molar-refractivity contribution in [3.8, 4) is 0 Å². The third-order valence-electron chi connectivity index (χ3n) is 1.61. The Kier molecular flexibility index (Phi) is 4.29. The molecule has 0 fully saturated rings. The van der Waals surface area contributed by atoms with E-state index in [1.54, 1.807) is 0 Å². The number of anilines is 1. The second-order valence-electron chi connectivity index (χ2n) is 4.31. The van der Waals surface area contributed by atoms with Gasteiger partial charge in [-0.3, -0.25) is 5.21 Å². The van der Waals surface area contributed by atoms with Crippen LogP contribution in [0.25, 0.3) is 0 Å². The summed E-state index contributed by atoms with van der Waals surface area (Å²) in [7, 11) is 0. The zero-order valence-electron chi connectivity index (χ0n) is 9.04. The van der Waals surface area contributed by atoms with Gasteiger partial charge in [-0.25, -0.2) is 5.06 Å². The smallest absolute Gasteiger partial charge is 0.232 e. The van der Waals surface area contributed by atoms with E-state index in [-0.39, 0.29) is 12.0 Å². The molecule has 0 unspecified atom stereocenters. The Morgan fingerprint density at radius 3 is 2.19 bits per heavy atom. The van der Waals surface area contributed by atoms with E-state index in [0.29, 0.717) is 5.13 Å². The van der Waals surface area contributed by atoms with Crippen molar-refractivity contribution in [3.63, 3.8) is 0 Å². The van der Waals surface area contributed by atoms with Crippen molar-refractivity contribution in [3.05, 3.63) is 5.01 Å². The Labute approximate surface area is 113 Å². The third-order valence-corrected chi connectivity index (χ3v) is 3.33. The second kappa shape index (κ2) is 4.82. The molecule has 8 heteroatoms. The van der Waals surface area contributed by atoms with Crippen molar-refractivity contribution in [1.82, 2.24) is 10.2 Å². The number of hydrogen-bond donors (Lipinski definition) is 1. The predicted octanol–water partition coefficient (Wildman–Crippen LogP) is 3.40. The van der Waals surface area contributed by atoms with Crippen molar-refractivity contribution in [2.75, 3.05) is 11.6 Å². The van der Waals surface area contributed by atoms with Crippen LogP contribution in [0.4, 0.5) is 5.13 Å². The van der Waals surface area contributed by atoms with Crippen LogP contribution in [-0.4, -0.2) is 25.7 Å². The van der Waals surface area contributed by atoms with Gasteiger partial charge in [-0.05, 0) is 0 Å². The van der Waals surface area contributed by atoms with Crippen LogP contribution in [0.5, 0.6) is 0 Å². The largest absolute Gasteiger partial charge is 0.286 e. The number of aromatic nitrogens is 2. The molecule has 0 aromatic carbocycles. The van der Waals surface area contributed by atoms with Gasteiger partial charge in [0.15, 0.2) is 0 Å². The number of hydrogen-bond acceptors (Lipinski definition) is 5. The van der Waals surface area contributed by atoms with Crippen molar-refractivity contribution in [2.45, 2.75) is 30.0 Å². The lowest BCUT2D eigenvalue weighted by Crippen LogP contribution is -2.29.